The number of aromatic nitrogens is 2. The molecule has 0 radical (unpaired) electrons. The molecule has 1 fully saturated rings. The molecule has 0 saturated carbocycles. The zero-order valence-electron chi connectivity index (χ0n) is 10.3. The zero-order valence-corrected chi connectivity index (χ0v) is 10.3. The molecule has 0 bridgehead atoms. The Morgan fingerprint density at radius 1 is 1.62 bits per heavy atom. The summed E-state index contributed by atoms with van der Waals surface area (Å²) in [6.45, 7) is 6.23. The van der Waals surface area contributed by atoms with Gasteiger partial charge in [-0.3, -0.25) is 0 Å². The van der Waals surface area contributed by atoms with Gasteiger partial charge in [-0.25, -0.2) is 4.98 Å². The molecule has 1 N–H and O–H groups in total. The van der Waals surface area contributed by atoms with Crippen LogP contribution in [0.1, 0.15) is 32.1 Å². The summed E-state index contributed by atoms with van der Waals surface area (Å²) >= 11 is 0. The lowest BCUT2D eigenvalue weighted by Crippen LogP contribution is -2.30. The molecule has 90 valence electrons. The average Bonchev–Trinajstić information content (AvgIpc) is 2.82. The first-order chi connectivity index (χ1) is 7.68. The van der Waals surface area contributed by atoms with Crippen LogP contribution >= 0.6 is 0 Å². The van der Waals surface area contributed by atoms with Gasteiger partial charge in [0.1, 0.15) is 6.10 Å². The van der Waals surface area contributed by atoms with Crippen LogP contribution in [0.25, 0.3) is 0 Å². The molecule has 0 aromatic carbocycles. The Balaban J connectivity index is 2.01. The van der Waals surface area contributed by atoms with Crippen molar-refractivity contribution in [2.45, 2.75) is 32.4 Å². The van der Waals surface area contributed by atoms with E-state index in [9.17, 15) is 0 Å². The summed E-state index contributed by atoms with van der Waals surface area (Å²) in [6.07, 6.45) is 5.09. The third-order valence-electron chi connectivity index (χ3n) is 3.15. The molecular weight excluding hydrogens is 202 g/mol. The molecular formula is C12H21N3O. The van der Waals surface area contributed by atoms with Gasteiger partial charge >= 0.3 is 0 Å². The van der Waals surface area contributed by atoms with Gasteiger partial charge in [0.25, 0.3) is 0 Å². The highest BCUT2D eigenvalue weighted by atomic mass is 16.5. The third-order valence-corrected chi connectivity index (χ3v) is 3.15. The summed E-state index contributed by atoms with van der Waals surface area (Å²) in [5.41, 5.74) is 1.19. The van der Waals surface area contributed by atoms with Crippen LogP contribution in [0, 0.1) is 5.92 Å². The summed E-state index contributed by atoms with van der Waals surface area (Å²) in [7, 11) is 2.02. The molecule has 0 spiro atoms. The smallest absolute Gasteiger partial charge is 0.103 e. The third kappa shape index (κ3) is 2.44. The fraction of sp³-hybridized carbons (Fsp3) is 0.750. The predicted octanol–water partition coefficient (Wildman–Crippen LogP) is 1.50. The number of rotatable bonds is 4. The molecule has 1 aliphatic rings. The quantitative estimate of drug-likeness (QED) is 0.840. The van der Waals surface area contributed by atoms with E-state index in [1.54, 1.807) is 0 Å². The van der Waals surface area contributed by atoms with Crippen molar-refractivity contribution in [3.8, 4) is 0 Å². The normalized spacial score (nSPS) is 25.5. The van der Waals surface area contributed by atoms with Gasteiger partial charge in [-0.1, -0.05) is 13.8 Å². The lowest BCUT2D eigenvalue weighted by atomic mass is 9.99. The molecule has 2 rings (SSSR count). The minimum atomic E-state index is 0.207. The topological polar surface area (TPSA) is 39.1 Å². The molecule has 1 saturated heterocycles. The van der Waals surface area contributed by atoms with Gasteiger partial charge in [0.2, 0.25) is 0 Å². The number of ether oxygens (including phenoxy) is 1. The molecule has 4 nitrogen and oxygen atoms in total. The van der Waals surface area contributed by atoms with Gasteiger partial charge < -0.3 is 14.6 Å². The maximum atomic E-state index is 5.82. The molecule has 2 heterocycles. The van der Waals surface area contributed by atoms with Gasteiger partial charge in [-0.15, -0.1) is 0 Å². The van der Waals surface area contributed by atoms with E-state index in [1.807, 2.05) is 19.6 Å². The molecule has 2 atom stereocenters. The van der Waals surface area contributed by atoms with Crippen LogP contribution in [0.4, 0.5) is 0 Å². The Morgan fingerprint density at radius 2 is 2.44 bits per heavy atom. The molecule has 0 aliphatic carbocycles. The number of nitrogens with one attached hydrogen (secondary N) is 1. The molecule has 4 heteroatoms. The van der Waals surface area contributed by atoms with Crippen LogP contribution in [0.3, 0.4) is 0 Å². The van der Waals surface area contributed by atoms with Crippen LogP contribution < -0.4 is 5.32 Å². The van der Waals surface area contributed by atoms with Crippen molar-refractivity contribution >= 4 is 0 Å². The Kier molecular flexibility index (Phi) is 3.61. The molecule has 16 heavy (non-hydrogen) atoms. The molecule has 2 unspecified atom stereocenters. The van der Waals surface area contributed by atoms with Crippen LogP contribution in [-0.2, 0) is 11.8 Å². The van der Waals surface area contributed by atoms with E-state index in [1.165, 1.54) is 5.69 Å². The summed E-state index contributed by atoms with van der Waals surface area (Å²) < 4.78 is 7.88. The standard InChI is InChI=1S/C12H21N3O/c1-9(2)14-6-10-4-5-16-12(10)11-7-13-8-15(11)3/h7-10,12,14H,4-6H2,1-3H3. The Labute approximate surface area is 97.0 Å². The van der Waals surface area contributed by atoms with Gasteiger partial charge in [-0.2, -0.15) is 0 Å². The van der Waals surface area contributed by atoms with Gasteiger partial charge in [-0.05, 0) is 6.42 Å². The maximum absolute atomic E-state index is 5.82. The highest BCUT2D eigenvalue weighted by Gasteiger charge is 2.31. The Morgan fingerprint density at radius 3 is 3.06 bits per heavy atom. The average molecular weight is 223 g/mol. The van der Waals surface area contributed by atoms with E-state index >= 15 is 0 Å². The van der Waals surface area contributed by atoms with Gasteiger partial charge in [0, 0.05) is 32.2 Å². The SMILES string of the molecule is CC(C)NCC1CCOC1c1cncn1C. The number of imidazole rings is 1. The summed E-state index contributed by atoms with van der Waals surface area (Å²) in [6, 6.07) is 0.535. The minimum absolute atomic E-state index is 0.207. The summed E-state index contributed by atoms with van der Waals surface area (Å²) in [5.74, 6) is 0.567. The van der Waals surface area contributed by atoms with E-state index in [0.717, 1.165) is 19.6 Å². The van der Waals surface area contributed by atoms with Crippen molar-refractivity contribution in [3.05, 3.63) is 18.2 Å². The largest absolute Gasteiger partial charge is 0.372 e. The fourth-order valence-corrected chi connectivity index (χ4v) is 2.20. The van der Waals surface area contributed by atoms with E-state index in [2.05, 4.69) is 28.7 Å². The summed E-state index contributed by atoms with van der Waals surface area (Å²) in [4.78, 5) is 4.16. The van der Waals surface area contributed by atoms with Crippen molar-refractivity contribution < 1.29 is 4.74 Å². The van der Waals surface area contributed by atoms with Crippen molar-refractivity contribution in [1.29, 1.82) is 0 Å². The first-order valence-corrected chi connectivity index (χ1v) is 5.99. The predicted molar refractivity (Wildman–Crippen MR) is 63.1 cm³/mol. The van der Waals surface area contributed by atoms with Crippen LogP contribution in [0.2, 0.25) is 0 Å². The van der Waals surface area contributed by atoms with E-state index < -0.39 is 0 Å². The number of nitrogens with zero attached hydrogens (tertiary/aromatic N) is 2. The van der Waals surface area contributed by atoms with Crippen LogP contribution in [0.15, 0.2) is 12.5 Å². The Bertz CT molecular complexity index is 335. The maximum Gasteiger partial charge on any atom is 0.103 e. The Hall–Kier alpha value is -0.870. The molecule has 1 aromatic rings. The minimum Gasteiger partial charge on any atom is -0.372 e. The van der Waals surface area contributed by atoms with Gasteiger partial charge in [0.15, 0.2) is 0 Å². The van der Waals surface area contributed by atoms with Gasteiger partial charge in [0.05, 0.1) is 18.2 Å². The molecule has 1 aromatic heterocycles. The van der Waals surface area contributed by atoms with E-state index in [-0.39, 0.29) is 6.10 Å². The zero-order chi connectivity index (χ0) is 11.5. The van der Waals surface area contributed by atoms with Crippen molar-refractivity contribution in [2.24, 2.45) is 13.0 Å². The molecule has 1 aliphatic heterocycles. The summed E-state index contributed by atoms with van der Waals surface area (Å²) in [5, 5.41) is 3.49. The first kappa shape index (κ1) is 11.6. The second-order valence-corrected chi connectivity index (χ2v) is 4.83. The lowest BCUT2D eigenvalue weighted by Gasteiger charge is -2.20. The second kappa shape index (κ2) is 4.97. The van der Waals surface area contributed by atoms with E-state index in [0.29, 0.717) is 12.0 Å². The highest BCUT2D eigenvalue weighted by molar-refractivity contribution is 5.06. The van der Waals surface area contributed by atoms with E-state index in [4.69, 9.17) is 4.74 Å². The van der Waals surface area contributed by atoms with Crippen LogP contribution in [-0.4, -0.2) is 28.7 Å². The number of aryl methyl sites for hydroxylation is 1. The van der Waals surface area contributed by atoms with Crippen molar-refractivity contribution in [1.82, 2.24) is 14.9 Å². The second-order valence-electron chi connectivity index (χ2n) is 4.83. The highest BCUT2D eigenvalue weighted by Crippen LogP contribution is 2.33. The fourth-order valence-electron chi connectivity index (χ4n) is 2.20. The molecule has 0 amide bonds. The van der Waals surface area contributed by atoms with Crippen LogP contribution in [0.5, 0.6) is 0 Å². The number of hydrogen-bond donors (Lipinski definition) is 1. The number of hydrogen-bond acceptors (Lipinski definition) is 3. The first-order valence-electron chi connectivity index (χ1n) is 5.99. The monoisotopic (exact) mass is 223 g/mol. The van der Waals surface area contributed by atoms with Crippen molar-refractivity contribution in [2.75, 3.05) is 13.2 Å². The lowest BCUT2D eigenvalue weighted by molar-refractivity contribution is 0.0843. The van der Waals surface area contributed by atoms with Crippen molar-refractivity contribution in [3.63, 3.8) is 0 Å².